The lowest BCUT2D eigenvalue weighted by Crippen LogP contribution is -2.32. The zero-order valence-corrected chi connectivity index (χ0v) is 17.1. The normalized spacial score (nSPS) is 10.5. The van der Waals surface area contributed by atoms with Crippen LogP contribution in [0.25, 0.3) is 0 Å². The van der Waals surface area contributed by atoms with Crippen LogP contribution >= 0.6 is 15.9 Å². The van der Waals surface area contributed by atoms with E-state index in [9.17, 15) is 9.59 Å². The van der Waals surface area contributed by atoms with Crippen LogP contribution in [0.4, 0.5) is 5.69 Å². The number of nitrogens with one attached hydrogen (secondary N) is 1. The topological polar surface area (TPSA) is 49.4 Å². The van der Waals surface area contributed by atoms with Crippen LogP contribution in [0.3, 0.4) is 0 Å². The number of anilines is 1. The number of rotatable bonds is 7. The molecule has 0 unspecified atom stereocenters. The highest BCUT2D eigenvalue weighted by Crippen LogP contribution is 2.19. The van der Waals surface area contributed by atoms with Gasteiger partial charge in [0.2, 0.25) is 0 Å². The Morgan fingerprint density at radius 1 is 0.962 bits per heavy atom. The van der Waals surface area contributed by atoms with Crippen molar-refractivity contribution in [3.8, 4) is 0 Å². The van der Waals surface area contributed by atoms with Crippen LogP contribution in [-0.2, 0) is 0 Å². The Hall–Kier alpha value is -2.14. The molecule has 1 N–H and O–H groups in total. The van der Waals surface area contributed by atoms with E-state index in [0.29, 0.717) is 16.8 Å². The van der Waals surface area contributed by atoms with E-state index in [1.165, 1.54) is 0 Å². The number of amides is 2. The van der Waals surface area contributed by atoms with Gasteiger partial charge in [0, 0.05) is 34.4 Å². The van der Waals surface area contributed by atoms with Gasteiger partial charge in [0.15, 0.2) is 0 Å². The highest BCUT2D eigenvalue weighted by Gasteiger charge is 2.14. The van der Waals surface area contributed by atoms with E-state index < -0.39 is 0 Å². The first kappa shape index (κ1) is 20.2. The van der Waals surface area contributed by atoms with Crippen molar-refractivity contribution in [3.63, 3.8) is 0 Å². The first-order chi connectivity index (χ1) is 12.5. The smallest absolute Gasteiger partial charge is 0.255 e. The van der Waals surface area contributed by atoms with Gasteiger partial charge in [0.05, 0.1) is 0 Å². The third-order valence-electron chi connectivity index (χ3n) is 4.10. The van der Waals surface area contributed by atoms with Crippen LogP contribution in [0.1, 0.15) is 53.0 Å². The SMILES string of the molecule is CCCN(CCC)C(=O)c1ccc(NC(=O)c2ccc(C)c(Br)c2)cc1. The molecule has 0 bridgehead atoms. The lowest BCUT2D eigenvalue weighted by atomic mass is 10.1. The van der Waals surface area contributed by atoms with Gasteiger partial charge in [-0.1, -0.05) is 35.8 Å². The highest BCUT2D eigenvalue weighted by molar-refractivity contribution is 9.10. The van der Waals surface area contributed by atoms with Crippen LogP contribution in [0.2, 0.25) is 0 Å². The molecular weight excluding hydrogens is 392 g/mol. The number of aryl methyl sites for hydroxylation is 1. The molecule has 0 atom stereocenters. The van der Waals surface area contributed by atoms with E-state index in [2.05, 4.69) is 35.1 Å². The number of carbonyl (C=O) groups excluding carboxylic acids is 2. The van der Waals surface area contributed by atoms with Crippen molar-refractivity contribution in [1.82, 2.24) is 4.90 Å². The highest BCUT2D eigenvalue weighted by atomic mass is 79.9. The lowest BCUT2D eigenvalue weighted by Gasteiger charge is -2.21. The van der Waals surface area contributed by atoms with Crippen molar-refractivity contribution in [2.24, 2.45) is 0 Å². The molecule has 26 heavy (non-hydrogen) atoms. The first-order valence-corrected chi connectivity index (χ1v) is 9.72. The Kier molecular flexibility index (Phi) is 7.39. The van der Waals surface area contributed by atoms with Gasteiger partial charge in [-0.2, -0.15) is 0 Å². The zero-order valence-electron chi connectivity index (χ0n) is 15.5. The van der Waals surface area contributed by atoms with Crippen LogP contribution in [-0.4, -0.2) is 29.8 Å². The number of hydrogen-bond acceptors (Lipinski definition) is 2. The fourth-order valence-corrected chi connectivity index (χ4v) is 3.05. The molecule has 0 aliphatic carbocycles. The van der Waals surface area contributed by atoms with Gasteiger partial charge in [0.25, 0.3) is 11.8 Å². The quantitative estimate of drug-likeness (QED) is 0.667. The molecule has 0 aliphatic rings. The summed E-state index contributed by atoms with van der Waals surface area (Å²) in [5.41, 5.74) is 2.97. The van der Waals surface area contributed by atoms with E-state index in [-0.39, 0.29) is 11.8 Å². The van der Waals surface area contributed by atoms with Crippen molar-refractivity contribution in [2.75, 3.05) is 18.4 Å². The van der Waals surface area contributed by atoms with Gasteiger partial charge in [-0.15, -0.1) is 0 Å². The zero-order chi connectivity index (χ0) is 19.1. The van der Waals surface area contributed by atoms with Gasteiger partial charge in [-0.25, -0.2) is 0 Å². The molecule has 0 spiro atoms. The van der Waals surface area contributed by atoms with Crippen LogP contribution in [0, 0.1) is 6.92 Å². The fraction of sp³-hybridized carbons (Fsp3) is 0.333. The summed E-state index contributed by atoms with van der Waals surface area (Å²) in [6, 6.07) is 12.6. The van der Waals surface area contributed by atoms with E-state index >= 15 is 0 Å². The van der Waals surface area contributed by atoms with E-state index in [1.54, 1.807) is 36.4 Å². The molecule has 138 valence electrons. The van der Waals surface area contributed by atoms with Gasteiger partial charge in [-0.3, -0.25) is 9.59 Å². The summed E-state index contributed by atoms with van der Waals surface area (Å²) >= 11 is 3.44. The molecular formula is C21H25BrN2O2. The maximum absolute atomic E-state index is 12.6. The predicted molar refractivity (Wildman–Crippen MR) is 110 cm³/mol. The number of nitrogens with zero attached hydrogens (tertiary/aromatic N) is 1. The van der Waals surface area contributed by atoms with Gasteiger partial charge in [0.1, 0.15) is 0 Å². The molecule has 2 rings (SSSR count). The standard InChI is InChI=1S/C21H25BrN2O2/c1-4-12-24(13-5-2)21(26)16-8-10-18(11-9-16)23-20(25)17-7-6-15(3)19(22)14-17/h6-11,14H,4-5,12-13H2,1-3H3,(H,23,25). The van der Waals surface area contributed by atoms with Crippen molar-refractivity contribution in [3.05, 3.63) is 63.6 Å². The molecule has 2 aromatic carbocycles. The molecule has 5 heteroatoms. The molecule has 0 aromatic heterocycles. The Morgan fingerprint density at radius 2 is 1.54 bits per heavy atom. The summed E-state index contributed by atoms with van der Waals surface area (Å²) in [6.07, 6.45) is 1.87. The molecule has 4 nitrogen and oxygen atoms in total. The van der Waals surface area contributed by atoms with E-state index in [4.69, 9.17) is 0 Å². The second kappa shape index (κ2) is 9.53. The van der Waals surface area contributed by atoms with Crippen molar-refractivity contribution < 1.29 is 9.59 Å². The molecule has 2 amide bonds. The molecule has 0 aliphatic heterocycles. The lowest BCUT2D eigenvalue weighted by molar-refractivity contribution is 0.0755. The largest absolute Gasteiger partial charge is 0.339 e. The van der Waals surface area contributed by atoms with Gasteiger partial charge >= 0.3 is 0 Å². The van der Waals surface area contributed by atoms with E-state index in [1.807, 2.05) is 17.9 Å². The summed E-state index contributed by atoms with van der Waals surface area (Å²) in [7, 11) is 0. The second-order valence-corrected chi connectivity index (χ2v) is 7.14. The minimum atomic E-state index is -0.177. The molecule has 2 aromatic rings. The second-order valence-electron chi connectivity index (χ2n) is 6.29. The molecule has 0 saturated carbocycles. The minimum Gasteiger partial charge on any atom is -0.339 e. The molecule has 0 saturated heterocycles. The average molecular weight is 417 g/mol. The minimum absolute atomic E-state index is 0.0361. The van der Waals surface area contributed by atoms with Crippen LogP contribution < -0.4 is 5.32 Å². The average Bonchev–Trinajstić information content (AvgIpc) is 2.64. The third kappa shape index (κ3) is 5.18. The summed E-state index contributed by atoms with van der Waals surface area (Å²) in [6.45, 7) is 7.62. The van der Waals surface area contributed by atoms with Crippen molar-refractivity contribution in [1.29, 1.82) is 0 Å². The number of halogens is 1. The Morgan fingerprint density at radius 3 is 2.08 bits per heavy atom. The first-order valence-electron chi connectivity index (χ1n) is 8.93. The van der Waals surface area contributed by atoms with Gasteiger partial charge < -0.3 is 10.2 Å². The summed E-state index contributed by atoms with van der Waals surface area (Å²) in [4.78, 5) is 26.8. The third-order valence-corrected chi connectivity index (χ3v) is 4.95. The van der Waals surface area contributed by atoms with Crippen LogP contribution in [0.5, 0.6) is 0 Å². The van der Waals surface area contributed by atoms with Crippen LogP contribution in [0.15, 0.2) is 46.9 Å². The maximum Gasteiger partial charge on any atom is 0.255 e. The maximum atomic E-state index is 12.6. The Balaban J connectivity index is 2.07. The number of carbonyl (C=O) groups is 2. The monoisotopic (exact) mass is 416 g/mol. The number of benzene rings is 2. The predicted octanol–water partition coefficient (Wildman–Crippen LogP) is 5.27. The molecule has 0 heterocycles. The Labute approximate surface area is 163 Å². The van der Waals surface area contributed by atoms with Gasteiger partial charge in [-0.05, 0) is 61.7 Å². The number of hydrogen-bond donors (Lipinski definition) is 1. The summed E-state index contributed by atoms with van der Waals surface area (Å²) in [5, 5.41) is 2.87. The molecule has 0 fully saturated rings. The Bertz CT molecular complexity index is 766. The van der Waals surface area contributed by atoms with Crippen molar-refractivity contribution in [2.45, 2.75) is 33.6 Å². The summed E-state index contributed by atoms with van der Waals surface area (Å²) < 4.78 is 0.901. The van der Waals surface area contributed by atoms with Crippen molar-refractivity contribution >= 4 is 33.4 Å². The summed E-state index contributed by atoms with van der Waals surface area (Å²) in [5.74, 6) is -0.141. The molecule has 0 radical (unpaired) electrons. The van der Waals surface area contributed by atoms with E-state index in [0.717, 1.165) is 36.0 Å². The fourth-order valence-electron chi connectivity index (χ4n) is 2.67.